The molecule has 162 valence electrons. The minimum atomic E-state index is -0.264. The van der Waals surface area contributed by atoms with Crippen LogP contribution < -0.4 is 15.0 Å². The summed E-state index contributed by atoms with van der Waals surface area (Å²) >= 11 is 0. The molecule has 2 N–H and O–H groups in total. The third-order valence-corrected chi connectivity index (χ3v) is 5.47. The van der Waals surface area contributed by atoms with Crippen LogP contribution in [0.4, 0.5) is 4.79 Å². The molecule has 1 aliphatic rings. The number of hydrogen-bond donors (Lipinski definition) is 2. The molecule has 0 spiro atoms. The lowest BCUT2D eigenvalue weighted by molar-refractivity contribution is -0.885. The van der Waals surface area contributed by atoms with Gasteiger partial charge in [-0.15, -0.1) is 0 Å². The van der Waals surface area contributed by atoms with Crippen LogP contribution in [0.2, 0.25) is 0 Å². The molecule has 0 saturated carbocycles. The number of carbonyl (C=O) groups excluding carboxylic acids is 2. The van der Waals surface area contributed by atoms with E-state index in [2.05, 4.69) is 29.6 Å². The van der Waals surface area contributed by atoms with E-state index < -0.39 is 0 Å². The number of piperidine rings is 1. The van der Waals surface area contributed by atoms with Gasteiger partial charge in [0, 0.05) is 24.7 Å². The topological polar surface area (TPSA) is 72.3 Å². The number of likely N-dealkylation sites (tertiary alicyclic amines) is 1. The molecule has 30 heavy (non-hydrogen) atoms. The first-order valence-corrected chi connectivity index (χ1v) is 10.6. The molecular weight excluding hydrogens is 382 g/mol. The molecule has 0 aromatic heterocycles. The lowest BCUT2D eigenvalue weighted by Gasteiger charge is -2.31. The molecule has 7 nitrogen and oxygen atoms in total. The Balaban J connectivity index is 1.46. The van der Waals surface area contributed by atoms with Crippen molar-refractivity contribution in [1.29, 1.82) is 0 Å². The van der Waals surface area contributed by atoms with Gasteiger partial charge >= 0.3 is 6.09 Å². The average molecular weight is 415 g/mol. The lowest BCUT2D eigenvalue weighted by Crippen LogP contribution is -3.09. The minimum Gasteiger partial charge on any atom is -0.497 e. The molecule has 1 unspecified atom stereocenters. The zero-order valence-electron chi connectivity index (χ0n) is 18.1. The van der Waals surface area contributed by atoms with Crippen molar-refractivity contribution >= 4 is 22.8 Å². The Kier molecular flexibility index (Phi) is 7.52. The Hall–Kier alpha value is -2.80. The summed E-state index contributed by atoms with van der Waals surface area (Å²) in [4.78, 5) is 27.1. The maximum absolute atomic E-state index is 12.5. The van der Waals surface area contributed by atoms with Crippen molar-refractivity contribution in [2.75, 3.05) is 40.4 Å². The van der Waals surface area contributed by atoms with E-state index in [9.17, 15) is 9.59 Å². The fourth-order valence-corrected chi connectivity index (χ4v) is 3.90. The van der Waals surface area contributed by atoms with Gasteiger partial charge in [0.1, 0.15) is 12.3 Å². The van der Waals surface area contributed by atoms with Gasteiger partial charge in [-0.3, -0.25) is 4.79 Å². The smallest absolute Gasteiger partial charge is 0.409 e. The SMILES string of the molecule is CCOC(=O)N1CCC(NC(=O)C[NH+](C)Cc2ccc3cc(OC)ccc3c2)CC1. The van der Waals surface area contributed by atoms with Crippen LogP contribution in [0.15, 0.2) is 36.4 Å². The monoisotopic (exact) mass is 414 g/mol. The van der Waals surface area contributed by atoms with E-state index in [4.69, 9.17) is 9.47 Å². The second-order valence-corrected chi connectivity index (χ2v) is 7.89. The van der Waals surface area contributed by atoms with Crippen LogP contribution >= 0.6 is 0 Å². The Morgan fingerprint density at radius 2 is 1.83 bits per heavy atom. The standard InChI is InChI=1S/C23H31N3O4/c1-4-30-23(28)26-11-9-20(10-12-26)24-22(27)16-25(2)15-17-5-6-19-14-21(29-3)8-7-18(19)13-17/h5-8,13-14,20H,4,9-12,15-16H2,1-3H3,(H,24,27)/p+1. The molecule has 0 radical (unpaired) electrons. The van der Waals surface area contributed by atoms with Gasteiger partial charge in [-0.25, -0.2) is 4.79 Å². The number of amides is 2. The zero-order chi connectivity index (χ0) is 21.5. The maximum atomic E-state index is 12.5. The Labute approximate surface area is 177 Å². The van der Waals surface area contributed by atoms with Crippen molar-refractivity contribution in [2.45, 2.75) is 32.4 Å². The molecule has 0 aliphatic carbocycles. The van der Waals surface area contributed by atoms with Gasteiger partial charge in [-0.1, -0.05) is 18.2 Å². The molecule has 2 amide bonds. The summed E-state index contributed by atoms with van der Waals surface area (Å²) in [7, 11) is 3.70. The number of carbonyl (C=O) groups is 2. The van der Waals surface area contributed by atoms with E-state index in [0.717, 1.165) is 35.4 Å². The predicted molar refractivity (Wildman–Crippen MR) is 116 cm³/mol. The second-order valence-electron chi connectivity index (χ2n) is 7.89. The molecule has 7 heteroatoms. The highest BCUT2D eigenvalue weighted by atomic mass is 16.6. The van der Waals surface area contributed by atoms with Gasteiger partial charge in [0.05, 0.1) is 20.8 Å². The van der Waals surface area contributed by atoms with E-state index in [-0.39, 0.29) is 18.0 Å². The van der Waals surface area contributed by atoms with E-state index in [1.807, 2.05) is 19.2 Å². The summed E-state index contributed by atoms with van der Waals surface area (Å²) in [6.07, 6.45) is 1.26. The molecule has 1 saturated heterocycles. The maximum Gasteiger partial charge on any atom is 0.409 e. The van der Waals surface area contributed by atoms with Crippen LogP contribution in [0.1, 0.15) is 25.3 Å². The van der Waals surface area contributed by atoms with Crippen LogP contribution in [0, 0.1) is 0 Å². The van der Waals surface area contributed by atoms with Crippen LogP contribution in [-0.2, 0) is 16.1 Å². The van der Waals surface area contributed by atoms with Crippen molar-refractivity contribution in [1.82, 2.24) is 10.2 Å². The van der Waals surface area contributed by atoms with Crippen LogP contribution in [0.3, 0.4) is 0 Å². The highest BCUT2D eigenvalue weighted by Gasteiger charge is 2.25. The fourth-order valence-electron chi connectivity index (χ4n) is 3.90. The number of nitrogens with zero attached hydrogens (tertiary/aromatic N) is 1. The molecule has 1 atom stereocenters. The van der Waals surface area contributed by atoms with E-state index in [1.54, 1.807) is 18.9 Å². The molecule has 2 aromatic rings. The van der Waals surface area contributed by atoms with Crippen molar-refractivity contribution in [2.24, 2.45) is 0 Å². The molecule has 3 rings (SSSR count). The van der Waals surface area contributed by atoms with Gasteiger partial charge in [0.15, 0.2) is 6.54 Å². The summed E-state index contributed by atoms with van der Waals surface area (Å²) in [5.41, 5.74) is 1.20. The largest absolute Gasteiger partial charge is 0.497 e. The zero-order valence-corrected chi connectivity index (χ0v) is 18.1. The van der Waals surface area contributed by atoms with Gasteiger partial charge in [0.25, 0.3) is 5.91 Å². The number of ether oxygens (including phenoxy) is 2. The van der Waals surface area contributed by atoms with Crippen molar-refractivity contribution in [3.05, 3.63) is 42.0 Å². The molecule has 0 bridgehead atoms. The number of hydrogen-bond acceptors (Lipinski definition) is 4. The third-order valence-electron chi connectivity index (χ3n) is 5.47. The average Bonchev–Trinajstić information content (AvgIpc) is 2.73. The third kappa shape index (κ3) is 5.86. The lowest BCUT2D eigenvalue weighted by atomic mass is 10.1. The number of quaternary nitrogens is 1. The van der Waals surface area contributed by atoms with Crippen LogP contribution in [0.25, 0.3) is 10.8 Å². The number of benzene rings is 2. The van der Waals surface area contributed by atoms with Gasteiger partial charge in [0.2, 0.25) is 0 Å². The van der Waals surface area contributed by atoms with Gasteiger partial charge in [-0.05, 0) is 48.7 Å². The molecular formula is C23H32N3O4+. The summed E-state index contributed by atoms with van der Waals surface area (Å²) < 4.78 is 10.3. The first-order chi connectivity index (χ1) is 14.5. The molecule has 1 aliphatic heterocycles. The second kappa shape index (κ2) is 10.3. The van der Waals surface area contributed by atoms with Gasteiger partial charge < -0.3 is 24.6 Å². The fraction of sp³-hybridized carbons (Fsp3) is 0.478. The Morgan fingerprint density at radius 1 is 1.13 bits per heavy atom. The quantitative estimate of drug-likeness (QED) is 0.722. The van der Waals surface area contributed by atoms with E-state index in [0.29, 0.717) is 26.2 Å². The summed E-state index contributed by atoms with van der Waals surface area (Å²) in [5, 5.41) is 5.42. The van der Waals surface area contributed by atoms with Gasteiger partial charge in [-0.2, -0.15) is 0 Å². The summed E-state index contributed by atoms with van der Waals surface area (Å²) in [5.74, 6) is 0.898. The van der Waals surface area contributed by atoms with Crippen LogP contribution in [-0.4, -0.2) is 63.3 Å². The molecule has 2 aromatic carbocycles. The van der Waals surface area contributed by atoms with E-state index in [1.165, 1.54) is 10.9 Å². The minimum absolute atomic E-state index is 0.0487. The summed E-state index contributed by atoms with van der Waals surface area (Å²) in [6, 6.07) is 12.5. The summed E-state index contributed by atoms with van der Waals surface area (Å²) in [6.45, 7) is 4.62. The Morgan fingerprint density at radius 3 is 2.53 bits per heavy atom. The number of likely N-dealkylation sites (N-methyl/N-ethyl adjacent to an activating group) is 1. The van der Waals surface area contributed by atoms with Crippen molar-refractivity contribution in [3.63, 3.8) is 0 Å². The molecule has 1 heterocycles. The van der Waals surface area contributed by atoms with Crippen LogP contribution in [0.5, 0.6) is 5.75 Å². The highest BCUT2D eigenvalue weighted by Crippen LogP contribution is 2.21. The normalized spacial score (nSPS) is 15.6. The Bertz CT molecular complexity index is 878. The number of nitrogens with one attached hydrogen (secondary N) is 2. The first kappa shape index (κ1) is 21.9. The highest BCUT2D eigenvalue weighted by molar-refractivity contribution is 5.84. The van der Waals surface area contributed by atoms with Crippen molar-refractivity contribution < 1.29 is 24.0 Å². The number of fused-ring (bicyclic) bond motifs is 1. The predicted octanol–water partition coefficient (Wildman–Crippen LogP) is 1.60. The molecule has 1 fully saturated rings. The van der Waals surface area contributed by atoms with Crippen molar-refractivity contribution in [3.8, 4) is 5.75 Å². The number of rotatable bonds is 7. The number of methoxy groups -OCH3 is 1. The van der Waals surface area contributed by atoms with E-state index >= 15 is 0 Å². The first-order valence-electron chi connectivity index (χ1n) is 10.6.